The monoisotopic (exact) mass is 254 g/mol. The van der Waals surface area contributed by atoms with E-state index in [1.165, 1.54) is 30.3 Å². The summed E-state index contributed by atoms with van der Waals surface area (Å²) in [6, 6.07) is 5.87. The minimum Gasteiger partial charge on any atom is -0.481 e. The minimum absolute atomic E-state index is 0.114. The van der Waals surface area contributed by atoms with E-state index in [0.29, 0.717) is 5.56 Å². The number of hydrogen-bond donors (Lipinski definition) is 1. The van der Waals surface area contributed by atoms with Gasteiger partial charge in [-0.15, -0.1) is 6.58 Å². The van der Waals surface area contributed by atoms with Gasteiger partial charge in [-0.2, -0.15) is 0 Å². The van der Waals surface area contributed by atoms with Gasteiger partial charge < -0.3 is 5.11 Å². The highest BCUT2D eigenvalue weighted by molar-refractivity contribution is 7.92. The van der Waals surface area contributed by atoms with Crippen LogP contribution in [0.1, 0.15) is 12.5 Å². The molecule has 0 spiro atoms. The molecule has 0 bridgehead atoms. The Morgan fingerprint density at radius 2 is 1.94 bits per heavy atom. The second-order valence-corrected chi connectivity index (χ2v) is 6.01. The fourth-order valence-corrected chi connectivity index (χ4v) is 2.51. The van der Waals surface area contributed by atoms with Crippen LogP contribution in [0.3, 0.4) is 0 Å². The molecule has 5 heteroatoms. The minimum atomic E-state index is -3.40. The summed E-state index contributed by atoms with van der Waals surface area (Å²) in [6.07, 6.45) is 1.25. The molecule has 1 atom stereocenters. The summed E-state index contributed by atoms with van der Waals surface area (Å²) in [6.45, 7) is 5.00. The molecule has 17 heavy (non-hydrogen) atoms. The molecular weight excluding hydrogens is 240 g/mol. The maximum absolute atomic E-state index is 11.9. The number of hydrogen-bond acceptors (Lipinski definition) is 3. The Hall–Kier alpha value is -1.62. The van der Waals surface area contributed by atoms with Crippen molar-refractivity contribution < 1.29 is 18.3 Å². The fraction of sp³-hybridized carbons (Fsp3) is 0.250. The second kappa shape index (κ2) is 5.14. The van der Waals surface area contributed by atoms with Crippen LogP contribution in [-0.4, -0.2) is 24.7 Å². The highest BCUT2D eigenvalue weighted by Crippen LogP contribution is 2.17. The molecule has 0 heterocycles. The van der Waals surface area contributed by atoms with Gasteiger partial charge in [0, 0.05) is 0 Å². The maximum atomic E-state index is 11.9. The zero-order valence-corrected chi connectivity index (χ0v) is 10.3. The molecule has 1 N–H and O–H groups in total. The lowest BCUT2D eigenvalue weighted by atomic mass is 10.2. The molecule has 1 aromatic carbocycles. The molecule has 0 aliphatic heterocycles. The van der Waals surface area contributed by atoms with Crippen molar-refractivity contribution in [2.45, 2.75) is 23.5 Å². The average Bonchev–Trinajstić information content (AvgIpc) is 2.27. The van der Waals surface area contributed by atoms with Crippen molar-refractivity contribution in [2.24, 2.45) is 0 Å². The van der Waals surface area contributed by atoms with Crippen molar-refractivity contribution in [1.82, 2.24) is 0 Å². The van der Waals surface area contributed by atoms with Crippen LogP contribution in [0, 0.1) is 0 Å². The first-order chi connectivity index (χ1) is 7.87. The largest absolute Gasteiger partial charge is 0.481 e. The summed E-state index contributed by atoms with van der Waals surface area (Å²) < 4.78 is 23.8. The summed E-state index contributed by atoms with van der Waals surface area (Å²) in [5.41, 5.74) is 0.572. The number of carboxylic acid groups (broad SMARTS) is 1. The zero-order chi connectivity index (χ0) is 13.1. The van der Waals surface area contributed by atoms with Gasteiger partial charge in [0.1, 0.15) is 0 Å². The topological polar surface area (TPSA) is 71.4 Å². The van der Waals surface area contributed by atoms with Crippen molar-refractivity contribution in [2.75, 3.05) is 0 Å². The first-order valence-electron chi connectivity index (χ1n) is 5.05. The van der Waals surface area contributed by atoms with E-state index in [0.717, 1.165) is 0 Å². The van der Waals surface area contributed by atoms with E-state index in [9.17, 15) is 13.2 Å². The van der Waals surface area contributed by atoms with Gasteiger partial charge in [-0.25, -0.2) is 8.42 Å². The molecule has 4 nitrogen and oxygen atoms in total. The lowest BCUT2D eigenvalue weighted by molar-refractivity contribution is -0.136. The van der Waals surface area contributed by atoms with Crippen LogP contribution in [0.4, 0.5) is 0 Å². The van der Waals surface area contributed by atoms with Gasteiger partial charge in [0.25, 0.3) is 0 Å². The quantitative estimate of drug-likeness (QED) is 0.811. The van der Waals surface area contributed by atoms with Gasteiger partial charge in [0.05, 0.1) is 16.6 Å². The Balaban J connectivity index is 3.03. The maximum Gasteiger partial charge on any atom is 0.307 e. The summed E-state index contributed by atoms with van der Waals surface area (Å²) >= 11 is 0. The van der Waals surface area contributed by atoms with E-state index in [1.807, 2.05) is 0 Å². The summed E-state index contributed by atoms with van der Waals surface area (Å²) in [5.74, 6) is -0.944. The Bertz CT molecular complexity index is 514. The highest BCUT2D eigenvalue weighted by Gasteiger charge is 2.20. The van der Waals surface area contributed by atoms with Crippen molar-refractivity contribution in [3.8, 4) is 0 Å². The molecule has 0 radical (unpaired) electrons. The highest BCUT2D eigenvalue weighted by atomic mass is 32.2. The van der Waals surface area contributed by atoms with Gasteiger partial charge in [-0.1, -0.05) is 18.2 Å². The standard InChI is InChI=1S/C12H14O4S/c1-3-9(2)17(15,16)11-6-4-10(5-7-11)8-12(13)14/h3-7,9H,1,8H2,2H3,(H,13,14). The zero-order valence-electron chi connectivity index (χ0n) is 9.46. The van der Waals surface area contributed by atoms with Gasteiger partial charge in [-0.3, -0.25) is 4.79 Å². The van der Waals surface area contributed by atoms with Crippen molar-refractivity contribution in [3.05, 3.63) is 42.5 Å². The molecule has 0 fully saturated rings. The lowest BCUT2D eigenvalue weighted by Crippen LogP contribution is -2.15. The van der Waals surface area contributed by atoms with E-state index < -0.39 is 21.1 Å². The summed E-state index contributed by atoms with van der Waals surface area (Å²) in [4.78, 5) is 10.7. The molecule has 1 unspecified atom stereocenters. The van der Waals surface area contributed by atoms with Crippen LogP contribution < -0.4 is 0 Å². The van der Waals surface area contributed by atoms with Crippen LogP contribution in [0.25, 0.3) is 0 Å². The van der Waals surface area contributed by atoms with E-state index in [4.69, 9.17) is 5.11 Å². The Morgan fingerprint density at radius 3 is 2.35 bits per heavy atom. The molecule has 0 aliphatic rings. The second-order valence-electron chi connectivity index (χ2n) is 3.70. The van der Waals surface area contributed by atoms with Crippen molar-refractivity contribution in [1.29, 1.82) is 0 Å². The number of aliphatic carboxylic acids is 1. The molecule has 1 rings (SSSR count). The van der Waals surface area contributed by atoms with Crippen LogP contribution in [0.15, 0.2) is 41.8 Å². The predicted octanol–water partition coefficient (Wildman–Crippen LogP) is 1.66. The number of carbonyl (C=O) groups is 1. The number of sulfone groups is 1. The van der Waals surface area contributed by atoms with Crippen LogP contribution >= 0.6 is 0 Å². The number of benzene rings is 1. The number of carboxylic acids is 1. The first kappa shape index (κ1) is 13.4. The van der Waals surface area contributed by atoms with Gasteiger partial charge in [-0.05, 0) is 24.6 Å². The Labute approximate surface area is 101 Å². The number of rotatable bonds is 5. The molecule has 0 aromatic heterocycles. The third-order valence-corrected chi connectivity index (χ3v) is 4.53. The third kappa shape index (κ3) is 3.17. The van der Waals surface area contributed by atoms with Crippen LogP contribution in [0.2, 0.25) is 0 Å². The third-order valence-electron chi connectivity index (χ3n) is 2.43. The average molecular weight is 254 g/mol. The van der Waals surface area contributed by atoms with Gasteiger partial charge >= 0.3 is 5.97 Å². The SMILES string of the molecule is C=CC(C)S(=O)(=O)c1ccc(CC(=O)O)cc1. The Morgan fingerprint density at radius 1 is 1.41 bits per heavy atom. The normalized spacial score (nSPS) is 13.0. The lowest BCUT2D eigenvalue weighted by Gasteiger charge is -2.08. The van der Waals surface area contributed by atoms with E-state index in [1.54, 1.807) is 6.92 Å². The smallest absolute Gasteiger partial charge is 0.307 e. The molecule has 0 amide bonds. The summed E-state index contributed by atoms with van der Waals surface area (Å²) in [7, 11) is -3.40. The molecule has 0 saturated carbocycles. The molecule has 0 saturated heterocycles. The molecule has 1 aromatic rings. The predicted molar refractivity (Wildman–Crippen MR) is 64.6 cm³/mol. The molecular formula is C12H14O4S. The molecule has 0 aliphatic carbocycles. The van der Waals surface area contributed by atoms with Crippen LogP contribution in [-0.2, 0) is 21.1 Å². The van der Waals surface area contributed by atoms with Crippen molar-refractivity contribution in [3.63, 3.8) is 0 Å². The van der Waals surface area contributed by atoms with Crippen LogP contribution in [0.5, 0.6) is 0 Å². The fourth-order valence-electron chi connectivity index (χ4n) is 1.31. The Kier molecular flexibility index (Phi) is 4.07. The van der Waals surface area contributed by atoms with Gasteiger partial charge in [0.2, 0.25) is 0 Å². The van der Waals surface area contributed by atoms with E-state index >= 15 is 0 Å². The molecule has 92 valence electrons. The van der Waals surface area contributed by atoms with E-state index in [-0.39, 0.29) is 11.3 Å². The summed E-state index contributed by atoms with van der Waals surface area (Å²) in [5, 5.41) is 7.93. The first-order valence-corrected chi connectivity index (χ1v) is 6.59. The van der Waals surface area contributed by atoms with Gasteiger partial charge in [0.15, 0.2) is 9.84 Å². The van der Waals surface area contributed by atoms with E-state index in [2.05, 4.69) is 6.58 Å². The van der Waals surface area contributed by atoms with Crippen molar-refractivity contribution >= 4 is 15.8 Å².